The average molecular weight is 335 g/mol. The number of ether oxygens (including phenoxy) is 1. The maximum atomic E-state index is 5.79. The van der Waals surface area contributed by atoms with Gasteiger partial charge in [0.15, 0.2) is 0 Å². The third-order valence-electron chi connectivity index (χ3n) is 3.16. The van der Waals surface area contributed by atoms with Gasteiger partial charge in [0.1, 0.15) is 5.75 Å². The lowest BCUT2D eigenvalue weighted by Gasteiger charge is -2.21. The second-order valence-corrected chi connectivity index (χ2v) is 5.45. The summed E-state index contributed by atoms with van der Waals surface area (Å²) in [5.41, 5.74) is 6.21. The topological polar surface area (TPSA) is 47.3 Å². The van der Waals surface area contributed by atoms with E-state index in [4.69, 9.17) is 10.6 Å². The van der Waals surface area contributed by atoms with Crippen LogP contribution in [0.1, 0.15) is 29.7 Å². The van der Waals surface area contributed by atoms with Gasteiger partial charge >= 0.3 is 0 Å². The van der Waals surface area contributed by atoms with E-state index in [1.807, 2.05) is 37.3 Å². The molecule has 1 unspecified atom stereocenters. The highest BCUT2D eigenvalue weighted by Gasteiger charge is 2.19. The third-order valence-corrected chi connectivity index (χ3v) is 3.88. The van der Waals surface area contributed by atoms with Crippen molar-refractivity contribution in [2.24, 2.45) is 5.84 Å². The zero-order chi connectivity index (χ0) is 14.5. The first-order valence-corrected chi connectivity index (χ1v) is 7.40. The molecule has 2 aromatic rings. The molecule has 1 atom stereocenters. The number of aryl methyl sites for hydroxylation is 1. The number of rotatable bonds is 5. The van der Waals surface area contributed by atoms with Crippen LogP contribution in [-0.4, -0.2) is 6.61 Å². The van der Waals surface area contributed by atoms with Gasteiger partial charge in [-0.1, -0.05) is 51.8 Å². The molecule has 0 amide bonds. The van der Waals surface area contributed by atoms with Crippen molar-refractivity contribution in [3.8, 4) is 5.75 Å². The van der Waals surface area contributed by atoms with Crippen LogP contribution in [0.15, 0.2) is 46.9 Å². The number of benzene rings is 2. The van der Waals surface area contributed by atoms with E-state index in [2.05, 4.69) is 40.4 Å². The Kier molecular flexibility index (Phi) is 5.17. The van der Waals surface area contributed by atoms with Gasteiger partial charge in [-0.25, -0.2) is 5.43 Å². The molecular weight excluding hydrogens is 316 g/mol. The summed E-state index contributed by atoms with van der Waals surface area (Å²) in [6.07, 6.45) is 0. The van der Waals surface area contributed by atoms with E-state index in [1.54, 1.807) is 0 Å². The number of nitrogens with one attached hydrogen (secondary N) is 1. The number of nitrogens with two attached hydrogens (primary N) is 1. The Labute approximate surface area is 128 Å². The molecule has 4 heteroatoms. The second-order valence-electron chi connectivity index (χ2n) is 4.60. The largest absolute Gasteiger partial charge is 0.494 e. The van der Waals surface area contributed by atoms with Crippen LogP contribution in [0.5, 0.6) is 5.75 Å². The molecule has 0 aliphatic carbocycles. The lowest BCUT2D eigenvalue weighted by atomic mass is 9.97. The number of hydrazine groups is 1. The van der Waals surface area contributed by atoms with Crippen LogP contribution in [0.25, 0.3) is 0 Å². The van der Waals surface area contributed by atoms with Crippen LogP contribution in [0, 0.1) is 6.92 Å². The lowest BCUT2D eigenvalue weighted by molar-refractivity contribution is 0.333. The van der Waals surface area contributed by atoms with Gasteiger partial charge in [-0.15, -0.1) is 0 Å². The first-order chi connectivity index (χ1) is 9.67. The van der Waals surface area contributed by atoms with Gasteiger partial charge in [0.05, 0.1) is 12.6 Å². The fourth-order valence-electron chi connectivity index (χ4n) is 2.24. The highest BCUT2D eigenvalue weighted by molar-refractivity contribution is 9.10. The molecule has 0 bridgehead atoms. The standard InChI is InChI=1S/C16H19BrN2O/c1-3-20-15-7-5-4-6-12(15)16(19-18)13-10-11(2)8-9-14(13)17/h4-10,16,19H,3,18H2,1-2H3. The first kappa shape index (κ1) is 15.0. The van der Waals surface area contributed by atoms with E-state index in [9.17, 15) is 0 Å². The highest BCUT2D eigenvalue weighted by Crippen LogP contribution is 2.33. The molecule has 0 aliphatic heterocycles. The van der Waals surface area contributed by atoms with Crippen molar-refractivity contribution in [1.82, 2.24) is 5.43 Å². The SMILES string of the molecule is CCOc1ccccc1C(NN)c1cc(C)ccc1Br. The molecule has 0 spiro atoms. The van der Waals surface area contributed by atoms with E-state index in [0.29, 0.717) is 6.61 Å². The molecule has 0 saturated carbocycles. The van der Waals surface area contributed by atoms with Crippen LogP contribution >= 0.6 is 15.9 Å². The van der Waals surface area contributed by atoms with Gasteiger partial charge in [-0.2, -0.15) is 0 Å². The third kappa shape index (κ3) is 3.20. The molecule has 3 nitrogen and oxygen atoms in total. The Morgan fingerprint density at radius 2 is 1.95 bits per heavy atom. The fourth-order valence-corrected chi connectivity index (χ4v) is 2.71. The summed E-state index contributed by atoms with van der Waals surface area (Å²) in [4.78, 5) is 0. The van der Waals surface area contributed by atoms with Gasteiger partial charge < -0.3 is 4.74 Å². The van der Waals surface area contributed by atoms with Crippen molar-refractivity contribution in [3.63, 3.8) is 0 Å². The van der Waals surface area contributed by atoms with Gasteiger partial charge in [-0.05, 0) is 31.5 Å². The lowest BCUT2D eigenvalue weighted by Crippen LogP contribution is -2.29. The Balaban J connectivity index is 2.49. The molecule has 20 heavy (non-hydrogen) atoms. The predicted octanol–water partition coefficient (Wildman–Crippen LogP) is 3.71. The van der Waals surface area contributed by atoms with Crippen molar-refractivity contribution < 1.29 is 4.74 Å². The van der Waals surface area contributed by atoms with Gasteiger partial charge in [0.25, 0.3) is 0 Å². The summed E-state index contributed by atoms with van der Waals surface area (Å²) in [7, 11) is 0. The number of halogens is 1. The Hall–Kier alpha value is -1.36. The van der Waals surface area contributed by atoms with E-state index in [1.165, 1.54) is 5.56 Å². The zero-order valence-electron chi connectivity index (χ0n) is 11.7. The van der Waals surface area contributed by atoms with Crippen LogP contribution in [0.2, 0.25) is 0 Å². The smallest absolute Gasteiger partial charge is 0.124 e. The van der Waals surface area contributed by atoms with Crippen molar-refractivity contribution in [1.29, 1.82) is 0 Å². The minimum atomic E-state index is -0.118. The summed E-state index contributed by atoms with van der Waals surface area (Å²) in [6.45, 7) is 4.67. The molecule has 0 aromatic heterocycles. The Morgan fingerprint density at radius 1 is 1.20 bits per heavy atom. The summed E-state index contributed by atoms with van der Waals surface area (Å²) < 4.78 is 6.73. The first-order valence-electron chi connectivity index (χ1n) is 6.61. The Morgan fingerprint density at radius 3 is 2.65 bits per heavy atom. The van der Waals surface area contributed by atoms with Crippen molar-refractivity contribution >= 4 is 15.9 Å². The van der Waals surface area contributed by atoms with Crippen molar-refractivity contribution in [2.45, 2.75) is 19.9 Å². The summed E-state index contributed by atoms with van der Waals surface area (Å²) in [5.74, 6) is 6.65. The molecule has 0 radical (unpaired) electrons. The Bertz CT molecular complexity index is 586. The minimum absolute atomic E-state index is 0.118. The van der Waals surface area contributed by atoms with Crippen molar-refractivity contribution in [3.05, 3.63) is 63.6 Å². The van der Waals surface area contributed by atoms with Crippen molar-refractivity contribution in [2.75, 3.05) is 6.61 Å². The molecule has 0 fully saturated rings. The summed E-state index contributed by atoms with van der Waals surface area (Å²) in [6, 6.07) is 14.1. The molecule has 106 valence electrons. The quantitative estimate of drug-likeness (QED) is 0.647. The molecule has 0 aliphatic rings. The van der Waals surface area contributed by atoms with Gasteiger partial charge in [0.2, 0.25) is 0 Å². The minimum Gasteiger partial charge on any atom is -0.494 e. The molecule has 2 aromatic carbocycles. The van der Waals surface area contributed by atoms with E-state index in [0.717, 1.165) is 21.3 Å². The fraction of sp³-hybridized carbons (Fsp3) is 0.250. The van der Waals surface area contributed by atoms with Crippen LogP contribution in [-0.2, 0) is 0 Å². The molecular formula is C16H19BrN2O. The summed E-state index contributed by atoms with van der Waals surface area (Å²) in [5, 5.41) is 0. The second kappa shape index (κ2) is 6.88. The number of para-hydroxylation sites is 1. The monoisotopic (exact) mass is 334 g/mol. The predicted molar refractivity (Wildman–Crippen MR) is 85.7 cm³/mol. The normalized spacial score (nSPS) is 12.2. The maximum Gasteiger partial charge on any atom is 0.124 e. The van der Waals surface area contributed by atoms with Gasteiger partial charge in [0, 0.05) is 10.0 Å². The van der Waals surface area contributed by atoms with Crippen LogP contribution < -0.4 is 16.0 Å². The van der Waals surface area contributed by atoms with Crippen LogP contribution in [0.4, 0.5) is 0 Å². The molecule has 2 rings (SSSR count). The van der Waals surface area contributed by atoms with E-state index < -0.39 is 0 Å². The maximum absolute atomic E-state index is 5.79. The summed E-state index contributed by atoms with van der Waals surface area (Å²) >= 11 is 3.60. The molecule has 0 heterocycles. The average Bonchev–Trinajstić information content (AvgIpc) is 2.45. The van der Waals surface area contributed by atoms with Gasteiger partial charge in [-0.3, -0.25) is 5.84 Å². The number of hydrogen-bond acceptors (Lipinski definition) is 3. The number of hydrogen-bond donors (Lipinski definition) is 2. The van der Waals surface area contributed by atoms with E-state index >= 15 is 0 Å². The van der Waals surface area contributed by atoms with E-state index in [-0.39, 0.29) is 6.04 Å². The zero-order valence-corrected chi connectivity index (χ0v) is 13.3. The highest BCUT2D eigenvalue weighted by atomic mass is 79.9. The van der Waals surface area contributed by atoms with Crippen LogP contribution in [0.3, 0.4) is 0 Å². The molecule has 0 saturated heterocycles. The molecule has 3 N–H and O–H groups in total.